The molecule has 1 aliphatic rings. The zero-order valence-corrected chi connectivity index (χ0v) is 18.5. The zero-order chi connectivity index (χ0) is 23.5. The highest BCUT2D eigenvalue weighted by Crippen LogP contribution is 2.26. The van der Waals surface area contributed by atoms with Crippen LogP contribution < -0.4 is 5.32 Å². The second-order valence-corrected chi connectivity index (χ2v) is 8.49. The number of piperidine rings is 1. The van der Waals surface area contributed by atoms with Crippen LogP contribution in [0.15, 0.2) is 67.1 Å². The SMILES string of the molecule is O=C(Nc1cc2nc(-c3cncc(CN4CCC(O)CC4)c3)cc(F)c2cn1)c1ccccc1. The molecule has 7 nitrogen and oxygen atoms in total. The van der Waals surface area contributed by atoms with Gasteiger partial charge >= 0.3 is 0 Å². The molecule has 0 saturated carbocycles. The highest BCUT2D eigenvalue weighted by molar-refractivity contribution is 6.04. The van der Waals surface area contributed by atoms with Crippen molar-refractivity contribution in [1.29, 1.82) is 0 Å². The van der Waals surface area contributed by atoms with E-state index < -0.39 is 5.82 Å². The Labute approximate surface area is 196 Å². The zero-order valence-electron chi connectivity index (χ0n) is 18.5. The number of amides is 1. The number of benzene rings is 1. The van der Waals surface area contributed by atoms with Crippen molar-refractivity contribution >= 4 is 22.6 Å². The Bertz CT molecular complexity index is 1320. The third-order valence-corrected chi connectivity index (χ3v) is 5.98. The summed E-state index contributed by atoms with van der Waals surface area (Å²) in [6, 6.07) is 13.7. The molecule has 0 unspecified atom stereocenters. The van der Waals surface area contributed by atoms with E-state index in [0.29, 0.717) is 34.7 Å². The second-order valence-electron chi connectivity index (χ2n) is 8.49. The number of nitrogens with zero attached hydrogens (tertiary/aromatic N) is 4. The molecule has 0 aliphatic carbocycles. The monoisotopic (exact) mass is 457 g/mol. The lowest BCUT2D eigenvalue weighted by molar-refractivity contribution is 0.0792. The van der Waals surface area contributed by atoms with Gasteiger partial charge in [0.1, 0.15) is 11.6 Å². The van der Waals surface area contributed by atoms with Gasteiger partial charge in [-0.25, -0.2) is 14.4 Å². The summed E-state index contributed by atoms with van der Waals surface area (Å²) in [6.45, 7) is 2.38. The predicted molar refractivity (Wildman–Crippen MR) is 128 cm³/mol. The Morgan fingerprint density at radius 1 is 1.09 bits per heavy atom. The maximum atomic E-state index is 14.9. The van der Waals surface area contributed by atoms with E-state index in [9.17, 15) is 14.3 Å². The number of hydrogen-bond acceptors (Lipinski definition) is 6. The van der Waals surface area contributed by atoms with Crippen LogP contribution in [0.1, 0.15) is 28.8 Å². The number of rotatable bonds is 5. The summed E-state index contributed by atoms with van der Waals surface area (Å²) in [5, 5.41) is 12.7. The van der Waals surface area contributed by atoms with Gasteiger partial charge in [0.05, 0.1) is 22.7 Å². The summed E-state index contributed by atoms with van der Waals surface area (Å²) in [5.74, 6) is -0.445. The standard InChI is InChI=1S/C26H24FN5O2/c27-22-11-23(19-10-17(13-28-14-19)16-32-8-6-20(33)7-9-32)30-24-12-25(29-15-21(22)24)31-26(34)18-4-2-1-3-5-18/h1-5,10-15,20,33H,6-9,16H2,(H,29,31,34). The van der Waals surface area contributed by atoms with Crippen molar-refractivity contribution in [1.82, 2.24) is 19.9 Å². The highest BCUT2D eigenvalue weighted by Gasteiger charge is 2.17. The Hall–Kier alpha value is -3.75. The third kappa shape index (κ3) is 4.93. The average molecular weight is 458 g/mol. The van der Waals surface area contributed by atoms with Crippen molar-refractivity contribution in [2.75, 3.05) is 18.4 Å². The first-order valence-electron chi connectivity index (χ1n) is 11.2. The van der Waals surface area contributed by atoms with Gasteiger partial charge in [-0.05, 0) is 36.6 Å². The lowest BCUT2D eigenvalue weighted by Crippen LogP contribution is -2.35. The van der Waals surface area contributed by atoms with Gasteiger partial charge in [0.25, 0.3) is 5.91 Å². The van der Waals surface area contributed by atoms with E-state index >= 15 is 0 Å². The van der Waals surface area contributed by atoms with Crippen LogP contribution in [-0.2, 0) is 6.54 Å². The number of pyridine rings is 3. The molecule has 1 saturated heterocycles. The minimum absolute atomic E-state index is 0.220. The van der Waals surface area contributed by atoms with Crippen molar-refractivity contribution < 1.29 is 14.3 Å². The van der Waals surface area contributed by atoms with Gasteiger partial charge in [-0.2, -0.15) is 0 Å². The number of hydrogen-bond donors (Lipinski definition) is 2. The van der Waals surface area contributed by atoms with Gasteiger partial charge < -0.3 is 10.4 Å². The minimum Gasteiger partial charge on any atom is -0.393 e. The lowest BCUT2D eigenvalue weighted by atomic mass is 10.1. The Kier molecular flexibility index (Phi) is 6.24. The largest absolute Gasteiger partial charge is 0.393 e. The van der Waals surface area contributed by atoms with E-state index in [-0.39, 0.29) is 17.4 Å². The van der Waals surface area contributed by atoms with Crippen molar-refractivity contribution in [3.63, 3.8) is 0 Å². The molecule has 3 aromatic heterocycles. The summed E-state index contributed by atoms with van der Waals surface area (Å²) in [4.78, 5) is 27.9. The molecule has 1 aliphatic heterocycles. The molecule has 1 fully saturated rings. The van der Waals surface area contributed by atoms with Gasteiger partial charge in [0.2, 0.25) is 0 Å². The quantitative estimate of drug-likeness (QED) is 0.470. The van der Waals surface area contributed by atoms with Gasteiger partial charge in [-0.1, -0.05) is 18.2 Å². The second kappa shape index (κ2) is 9.62. The molecule has 0 atom stereocenters. The fourth-order valence-corrected chi connectivity index (χ4v) is 4.13. The molecule has 4 aromatic rings. The molecule has 172 valence electrons. The summed E-state index contributed by atoms with van der Waals surface area (Å²) in [5.41, 5.74) is 3.07. The molecule has 8 heteroatoms. The molecule has 0 radical (unpaired) electrons. The van der Waals surface area contributed by atoms with Crippen molar-refractivity contribution in [3.8, 4) is 11.3 Å². The summed E-state index contributed by atoms with van der Waals surface area (Å²) < 4.78 is 14.9. The first-order valence-corrected chi connectivity index (χ1v) is 11.2. The molecular weight excluding hydrogens is 433 g/mol. The minimum atomic E-state index is -0.441. The van der Waals surface area contributed by atoms with Crippen LogP contribution in [0.3, 0.4) is 0 Å². The highest BCUT2D eigenvalue weighted by atomic mass is 19.1. The molecular formula is C26H24FN5O2. The maximum Gasteiger partial charge on any atom is 0.256 e. The molecule has 2 N–H and O–H groups in total. The topological polar surface area (TPSA) is 91.2 Å². The number of carbonyl (C=O) groups is 1. The molecule has 1 amide bonds. The van der Waals surface area contributed by atoms with E-state index in [4.69, 9.17) is 0 Å². The fraction of sp³-hybridized carbons (Fsp3) is 0.231. The fourth-order valence-electron chi connectivity index (χ4n) is 4.13. The lowest BCUT2D eigenvalue weighted by Gasteiger charge is -2.29. The Morgan fingerprint density at radius 3 is 2.68 bits per heavy atom. The van der Waals surface area contributed by atoms with Crippen molar-refractivity contribution in [2.24, 2.45) is 0 Å². The Balaban J connectivity index is 1.40. The number of carbonyl (C=O) groups excluding carboxylic acids is 1. The maximum absolute atomic E-state index is 14.9. The number of aromatic nitrogens is 3. The van der Waals surface area contributed by atoms with Crippen LogP contribution in [0.5, 0.6) is 0 Å². The van der Waals surface area contributed by atoms with E-state index in [1.807, 2.05) is 12.1 Å². The van der Waals surface area contributed by atoms with E-state index in [1.54, 1.807) is 42.7 Å². The van der Waals surface area contributed by atoms with Crippen LogP contribution in [0, 0.1) is 5.82 Å². The summed E-state index contributed by atoms with van der Waals surface area (Å²) >= 11 is 0. The van der Waals surface area contributed by atoms with Gasteiger partial charge in [0.15, 0.2) is 0 Å². The average Bonchev–Trinajstić information content (AvgIpc) is 2.86. The van der Waals surface area contributed by atoms with Crippen molar-refractivity contribution in [2.45, 2.75) is 25.5 Å². The number of aliphatic hydroxyl groups is 1. The van der Waals surface area contributed by atoms with Crippen LogP contribution in [0.4, 0.5) is 10.2 Å². The number of fused-ring (bicyclic) bond motifs is 1. The van der Waals surface area contributed by atoms with E-state index in [2.05, 4.69) is 25.2 Å². The normalized spacial score (nSPS) is 14.9. The van der Waals surface area contributed by atoms with Crippen LogP contribution in [0.25, 0.3) is 22.2 Å². The molecule has 0 spiro atoms. The smallest absolute Gasteiger partial charge is 0.256 e. The summed E-state index contributed by atoms with van der Waals surface area (Å²) in [6.07, 6.45) is 6.15. The van der Waals surface area contributed by atoms with Gasteiger partial charge in [0, 0.05) is 61.5 Å². The van der Waals surface area contributed by atoms with Crippen molar-refractivity contribution in [3.05, 3.63) is 84.1 Å². The number of likely N-dealkylation sites (tertiary alicyclic amines) is 1. The molecule has 0 bridgehead atoms. The molecule has 34 heavy (non-hydrogen) atoms. The summed E-state index contributed by atoms with van der Waals surface area (Å²) in [7, 11) is 0. The number of aliphatic hydroxyl groups excluding tert-OH is 1. The van der Waals surface area contributed by atoms with Gasteiger partial charge in [-0.3, -0.25) is 14.7 Å². The van der Waals surface area contributed by atoms with Crippen LogP contribution >= 0.6 is 0 Å². The molecule has 1 aromatic carbocycles. The number of anilines is 1. The first-order chi connectivity index (χ1) is 16.5. The van der Waals surface area contributed by atoms with E-state index in [0.717, 1.165) is 31.5 Å². The number of nitrogens with one attached hydrogen (secondary N) is 1. The predicted octanol–water partition coefficient (Wildman–Crippen LogP) is 4.04. The van der Waals surface area contributed by atoms with E-state index in [1.165, 1.54) is 12.3 Å². The van der Waals surface area contributed by atoms with Crippen LogP contribution in [-0.4, -0.2) is 50.1 Å². The number of halogens is 1. The third-order valence-electron chi connectivity index (χ3n) is 5.98. The van der Waals surface area contributed by atoms with Crippen LogP contribution in [0.2, 0.25) is 0 Å². The Morgan fingerprint density at radius 2 is 1.88 bits per heavy atom. The first kappa shape index (κ1) is 22.1. The van der Waals surface area contributed by atoms with Gasteiger partial charge in [-0.15, -0.1) is 0 Å². The molecule has 5 rings (SSSR count). The molecule has 4 heterocycles.